The maximum absolute atomic E-state index is 14.5. The molecule has 4 heteroatoms. The zero-order chi connectivity index (χ0) is 27.4. The van der Waals surface area contributed by atoms with E-state index >= 15 is 0 Å². The monoisotopic (exact) mass is 573 g/mol. The van der Waals surface area contributed by atoms with E-state index in [4.69, 9.17) is 0 Å². The largest absolute Gasteiger partial charge is 0.240 e. The third-order valence-electron chi connectivity index (χ3n) is 15.5. The van der Waals surface area contributed by atoms with Crippen LogP contribution in [0.3, 0.4) is 0 Å². The van der Waals surface area contributed by atoms with Crippen LogP contribution in [-0.4, -0.2) is 15.5 Å². The van der Waals surface area contributed by atoms with Crippen LogP contribution in [0.25, 0.3) is 0 Å². The molecule has 3 nitrogen and oxygen atoms in total. The fourth-order valence-electron chi connectivity index (χ4n) is 15.5. The van der Waals surface area contributed by atoms with Crippen molar-refractivity contribution in [2.24, 2.45) is 53.3 Å². The Hall–Kier alpha value is -0.870. The highest BCUT2D eigenvalue weighted by atomic mass is 32.2. The molecule has 12 aliphatic rings. The van der Waals surface area contributed by atoms with Crippen LogP contribution in [0.5, 0.6) is 0 Å². The van der Waals surface area contributed by atoms with Gasteiger partial charge in [-0.1, -0.05) is 12.1 Å². The second kappa shape index (κ2) is 8.23. The summed E-state index contributed by atoms with van der Waals surface area (Å²) in [6.07, 6.45) is 24.4. The average Bonchev–Trinajstić information content (AvgIpc) is 2.90. The standard InChI is InChI=1S/C37H51NO2S/c1-38-41(39,40)34-32(36-16-25-5-26(17-36)7-27(6-25)18-36)11-31(35-13-22-2-23(14-35)4-24(3-22)15-35)12-33(34)37-19-28-8-29(20-37)10-30(9-28)21-37/h11-12,22-30,38H,2-10,13-21H2,1H3. The van der Waals surface area contributed by atoms with Crippen LogP contribution in [0, 0.1) is 53.3 Å². The fraction of sp³-hybridized carbons (Fsp3) is 0.838. The number of benzene rings is 1. The molecule has 12 fully saturated rings. The molecule has 1 aromatic rings. The molecule has 12 bridgehead atoms. The van der Waals surface area contributed by atoms with E-state index in [0.717, 1.165) is 58.2 Å². The Labute approximate surface area is 248 Å². The molecule has 12 saturated carbocycles. The first-order chi connectivity index (χ1) is 19.7. The number of hydrogen-bond donors (Lipinski definition) is 1. The van der Waals surface area contributed by atoms with Crippen molar-refractivity contribution in [1.82, 2.24) is 4.72 Å². The van der Waals surface area contributed by atoms with Gasteiger partial charge in [-0.15, -0.1) is 0 Å². The minimum Gasteiger partial charge on any atom is -0.214 e. The van der Waals surface area contributed by atoms with Crippen LogP contribution >= 0.6 is 0 Å². The van der Waals surface area contributed by atoms with Crippen LogP contribution in [0.4, 0.5) is 0 Å². The molecule has 0 unspecified atom stereocenters. The summed E-state index contributed by atoms with van der Waals surface area (Å²) in [4.78, 5) is 0.803. The average molecular weight is 574 g/mol. The minimum atomic E-state index is -3.57. The Bertz CT molecular complexity index is 1230. The number of sulfonamides is 1. The molecule has 1 N–H and O–H groups in total. The first-order valence-electron chi connectivity index (χ1n) is 17.9. The molecule has 1 aromatic carbocycles. The van der Waals surface area contributed by atoms with Gasteiger partial charge in [0.2, 0.25) is 10.0 Å². The van der Waals surface area contributed by atoms with Crippen LogP contribution < -0.4 is 4.72 Å². The Balaban J connectivity index is 1.23. The van der Waals surface area contributed by atoms with Gasteiger partial charge in [-0.2, -0.15) is 0 Å². The zero-order valence-electron chi connectivity index (χ0n) is 25.3. The third kappa shape index (κ3) is 3.56. The van der Waals surface area contributed by atoms with Crippen molar-refractivity contribution in [2.75, 3.05) is 7.05 Å². The van der Waals surface area contributed by atoms with Gasteiger partial charge in [0.25, 0.3) is 0 Å². The van der Waals surface area contributed by atoms with E-state index in [1.807, 2.05) is 0 Å². The van der Waals surface area contributed by atoms with Gasteiger partial charge < -0.3 is 0 Å². The predicted molar refractivity (Wildman–Crippen MR) is 162 cm³/mol. The summed E-state index contributed by atoms with van der Waals surface area (Å²) < 4.78 is 31.9. The van der Waals surface area contributed by atoms with Crippen molar-refractivity contribution in [3.63, 3.8) is 0 Å². The second-order valence-electron chi connectivity index (χ2n) is 18.2. The van der Waals surface area contributed by atoms with Gasteiger partial charge in [0.15, 0.2) is 0 Å². The normalized spacial score (nSPS) is 52.1. The quantitative estimate of drug-likeness (QED) is 0.388. The van der Waals surface area contributed by atoms with Gasteiger partial charge in [-0.25, -0.2) is 13.1 Å². The topological polar surface area (TPSA) is 46.2 Å². The summed E-state index contributed by atoms with van der Waals surface area (Å²) in [6, 6.07) is 5.21. The third-order valence-corrected chi connectivity index (χ3v) is 17.0. The van der Waals surface area contributed by atoms with E-state index in [0.29, 0.717) is 5.41 Å². The minimum absolute atomic E-state index is 0.0867. The first-order valence-corrected chi connectivity index (χ1v) is 19.3. The molecule has 13 rings (SSSR count). The van der Waals surface area contributed by atoms with E-state index in [1.54, 1.807) is 12.6 Å². The fourth-order valence-corrected chi connectivity index (χ4v) is 16.8. The lowest BCUT2D eigenvalue weighted by Gasteiger charge is -2.60. The summed E-state index contributed by atoms with van der Waals surface area (Å²) in [5, 5.41) is 0. The van der Waals surface area contributed by atoms with Crippen LogP contribution in [0.1, 0.15) is 132 Å². The van der Waals surface area contributed by atoms with E-state index in [2.05, 4.69) is 16.9 Å². The maximum atomic E-state index is 14.5. The molecular weight excluding hydrogens is 522 g/mol. The van der Waals surface area contributed by atoms with Gasteiger partial charge in [0.1, 0.15) is 0 Å². The van der Waals surface area contributed by atoms with Gasteiger partial charge in [0, 0.05) is 0 Å². The molecular formula is C37H51NO2S. The highest BCUT2D eigenvalue weighted by Gasteiger charge is 2.58. The highest BCUT2D eigenvalue weighted by molar-refractivity contribution is 7.89. The van der Waals surface area contributed by atoms with E-state index in [-0.39, 0.29) is 10.8 Å². The van der Waals surface area contributed by atoms with Gasteiger partial charge in [-0.05, 0) is 209 Å². The Kier molecular flexibility index (Phi) is 5.11. The first kappa shape index (κ1) is 25.5. The molecule has 0 spiro atoms. The summed E-state index contributed by atoms with van der Waals surface area (Å²) in [5.41, 5.74) is 4.75. The van der Waals surface area contributed by atoms with Crippen molar-refractivity contribution in [3.8, 4) is 0 Å². The Morgan fingerprint density at radius 1 is 0.512 bits per heavy atom. The Morgan fingerprint density at radius 3 is 1.05 bits per heavy atom. The van der Waals surface area contributed by atoms with E-state index < -0.39 is 10.0 Å². The molecule has 0 atom stereocenters. The summed E-state index contributed by atoms with van der Waals surface area (Å²) >= 11 is 0. The highest BCUT2D eigenvalue weighted by Crippen LogP contribution is 2.67. The lowest BCUT2D eigenvalue weighted by atomic mass is 9.45. The summed E-state index contributed by atoms with van der Waals surface area (Å²) in [6.45, 7) is 0. The molecule has 222 valence electrons. The van der Waals surface area contributed by atoms with Crippen LogP contribution in [-0.2, 0) is 26.3 Å². The molecule has 0 radical (unpaired) electrons. The number of rotatable bonds is 5. The molecule has 0 amide bonds. The molecule has 12 aliphatic carbocycles. The molecule has 41 heavy (non-hydrogen) atoms. The van der Waals surface area contributed by atoms with E-state index in [9.17, 15) is 8.42 Å². The Morgan fingerprint density at radius 2 is 0.780 bits per heavy atom. The number of hydrogen-bond acceptors (Lipinski definition) is 2. The zero-order valence-corrected chi connectivity index (χ0v) is 26.1. The second-order valence-corrected chi connectivity index (χ2v) is 20.0. The molecule has 0 heterocycles. The van der Waals surface area contributed by atoms with Crippen molar-refractivity contribution < 1.29 is 8.42 Å². The van der Waals surface area contributed by atoms with E-state index in [1.165, 1.54) is 127 Å². The van der Waals surface area contributed by atoms with Gasteiger partial charge in [0.05, 0.1) is 4.90 Å². The smallest absolute Gasteiger partial charge is 0.214 e. The van der Waals surface area contributed by atoms with Gasteiger partial charge in [-0.3, -0.25) is 0 Å². The lowest BCUT2D eigenvalue weighted by Crippen LogP contribution is -2.52. The number of nitrogens with one attached hydrogen (secondary N) is 1. The van der Waals surface area contributed by atoms with Crippen LogP contribution in [0.2, 0.25) is 0 Å². The van der Waals surface area contributed by atoms with Gasteiger partial charge >= 0.3 is 0 Å². The predicted octanol–water partition coefficient (Wildman–Crippen LogP) is 8.00. The van der Waals surface area contributed by atoms with Crippen molar-refractivity contribution in [1.29, 1.82) is 0 Å². The molecule has 0 aromatic heterocycles. The van der Waals surface area contributed by atoms with Crippen LogP contribution in [0.15, 0.2) is 17.0 Å². The maximum Gasteiger partial charge on any atom is 0.240 e. The molecule has 0 saturated heterocycles. The summed E-state index contributed by atoms with van der Waals surface area (Å²) in [7, 11) is -1.88. The van der Waals surface area contributed by atoms with Crippen molar-refractivity contribution >= 4 is 10.0 Å². The lowest BCUT2D eigenvalue weighted by molar-refractivity contribution is -0.0137. The molecule has 0 aliphatic heterocycles. The van der Waals surface area contributed by atoms with Crippen molar-refractivity contribution in [2.45, 2.75) is 137 Å². The SMILES string of the molecule is CNS(=O)(=O)c1c(C23CC4CC(CC(C4)C2)C3)cc(C23CC4CC(CC(C4)C2)C3)cc1C12CC3CC(CC(C3)C1)C2. The van der Waals surface area contributed by atoms with Crippen molar-refractivity contribution in [3.05, 3.63) is 28.8 Å². The summed E-state index contributed by atoms with van der Waals surface area (Å²) in [5.74, 6) is 7.63.